The number of aliphatic carboxylic acids is 1. The number of rotatable bonds is 3. The summed E-state index contributed by atoms with van der Waals surface area (Å²) in [5.74, 6) is -0.961. The fourth-order valence-corrected chi connectivity index (χ4v) is 1.88. The van der Waals surface area contributed by atoms with Crippen molar-refractivity contribution in [1.82, 2.24) is 9.80 Å². The van der Waals surface area contributed by atoms with Crippen LogP contribution >= 0.6 is 0 Å². The summed E-state index contributed by atoms with van der Waals surface area (Å²) in [6.45, 7) is 7.65. The van der Waals surface area contributed by atoms with E-state index in [1.807, 2.05) is 0 Å². The van der Waals surface area contributed by atoms with Crippen LogP contribution in [0.15, 0.2) is 0 Å². The molecule has 1 saturated heterocycles. The van der Waals surface area contributed by atoms with Gasteiger partial charge in [0, 0.05) is 32.2 Å². The van der Waals surface area contributed by atoms with Gasteiger partial charge in [0.1, 0.15) is 0 Å². The van der Waals surface area contributed by atoms with Crippen LogP contribution in [0.2, 0.25) is 0 Å². The molecule has 1 rings (SSSR count). The number of nitrogens with zero attached hydrogens (tertiary/aromatic N) is 2. The van der Waals surface area contributed by atoms with Crippen molar-refractivity contribution in [2.24, 2.45) is 5.92 Å². The average Bonchev–Trinajstić information content (AvgIpc) is 2.09. The minimum absolute atomic E-state index is 0.263. The molecule has 0 aromatic carbocycles. The summed E-state index contributed by atoms with van der Waals surface area (Å²) in [5, 5.41) is 8.81. The Morgan fingerprint density at radius 3 is 2.71 bits per heavy atom. The third kappa shape index (κ3) is 2.96. The molecule has 0 amide bonds. The minimum atomic E-state index is -0.698. The van der Waals surface area contributed by atoms with Crippen LogP contribution in [0, 0.1) is 5.92 Å². The van der Waals surface area contributed by atoms with E-state index in [-0.39, 0.29) is 5.92 Å². The second kappa shape index (κ2) is 4.75. The fraction of sp³-hybridized carbons (Fsp3) is 0.900. The fourth-order valence-electron chi connectivity index (χ4n) is 1.88. The van der Waals surface area contributed by atoms with E-state index in [2.05, 4.69) is 23.8 Å². The van der Waals surface area contributed by atoms with Crippen molar-refractivity contribution in [2.75, 3.05) is 33.2 Å². The Labute approximate surface area is 85.5 Å². The number of likely N-dealkylation sites (N-methyl/N-ethyl adjacent to an activating group) is 1. The zero-order valence-corrected chi connectivity index (χ0v) is 9.23. The van der Waals surface area contributed by atoms with Gasteiger partial charge in [-0.25, -0.2) is 0 Å². The highest BCUT2D eigenvalue weighted by atomic mass is 16.4. The maximum atomic E-state index is 10.7. The van der Waals surface area contributed by atoms with Crippen molar-refractivity contribution in [3.8, 4) is 0 Å². The molecule has 0 aromatic heterocycles. The SMILES string of the molecule is CC(CN1CCN(C)CC1C)C(=O)O. The lowest BCUT2D eigenvalue weighted by molar-refractivity contribution is -0.142. The van der Waals surface area contributed by atoms with E-state index < -0.39 is 5.97 Å². The molecule has 1 aliphatic heterocycles. The average molecular weight is 200 g/mol. The molecular formula is C10H20N2O2. The van der Waals surface area contributed by atoms with E-state index in [1.165, 1.54) is 0 Å². The molecule has 1 aliphatic rings. The van der Waals surface area contributed by atoms with E-state index in [0.717, 1.165) is 19.6 Å². The van der Waals surface area contributed by atoms with Crippen LogP contribution in [0.4, 0.5) is 0 Å². The second-order valence-electron chi connectivity index (χ2n) is 4.35. The van der Waals surface area contributed by atoms with E-state index in [1.54, 1.807) is 6.92 Å². The van der Waals surface area contributed by atoms with Crippen molar-refractivity contribution >= 4 is 5.97 Å². The molecule has 4 heteroatoms. The van der Waals surface area contributed by atoms with Gasteiger partial charge in [0.2, 0.25) is 0 Å². The van der Waals surface area contributed by atoms with E-state index >= 15 is 0 Å². The molecule has 2 atom stereocenters. The zero-order valence-electron chi connectivity index (χ0n) is 9.23. The molecule has 0 bridgehead atoms. The number of piperazine rings is 1. The Morgan fingerprint density at radius 1 is 1.57 bits per heavy atom. The van der Waals surface area contributed by atoms with Gasteiger partial charge in [0.15, 0.2) is 0 Å². The summed E-state index contributed by atoms with van der Waals surface area (Å²) in [6.07, 6.45) is 0. The molecule has 0 aromatic rings. The minimum Gasteiger partial charge on any atom is -0.481 e. The van der Waals surface area contributed by atoms with Gasteiger partial charge in [0.05, 0.1) is 5.92 Å². The van der Waals surface area contributed by atoms with Gasteiger partial charge in [-0.3, -0.25) is 9.69 Å². The summed E-state index contributed by atoms with van der Waals surface area (Å²) < 4.78 is 0. The van der Waals surface area contributed by atoms with Gasteiger partial charge in [-0.15, -0.1) is 0 Å². The van der Waals surface area contributed by atoms with Crippen LogP contribution in [0.3, 0.4) is 0 Å². The standard InChI is InChI=1S/C10H20N2O2/c1-8(10(13)14)6-12-5-4-11(3)7-9(12)2/h8-9H,4-7H2,1-3H3,(H,13,14). The predicted molar refractivity (Wildman–Crippen MR) is 55.3 cm³/mol. The number of carboxylic acid groups (broad SMARTS) is 1. The Balaban J connectivity index is 2.41. The lowest BCUT2D eigenvalue weighted by Gasteiger charge is -2.38. The van der Waals surface area contributed by atoms with Gasteiger partial charge in [-0.05, 0) is 14.0 Å². The number of hydrogen-bond donors (Lipinski definition) is 1. The number of carbonyl (C=O) groups is 1. The Bertz CT molecular complexity index is 208. The number of carboxylic acids is 1. The molecule has 14 heavy (non-hydrogen) atoms. The van der Waals surface area contributed by atoms with Gasteiger partial charge in [-0.1, -0.05) is 6.92 Å². The lowest BCUT2D eigenvalue weighted by Crippen LogP contribution is -2.52. The molecule has 0 saturated carbocycles. The summed E-state index contributed by atoms with van der Waals surface area (Å²) in [6, 6.07) is 0.468. The first kappa shape index (κ1) is 11.5. The molecule has 1 N–H and O–H groups in total. The third-order valence-electron chi connectivity index (χ3n) is 2.90. The van der Waals surface area contributed by atoms with Crippen molar-refractivity contribution in [1.29, 1.82) is 0 Å². The Morgan fingerprint density at radius 2 is 2.21 bits per heavy atom. The van der Waals surface area contributed by atoms with Crippen molar-refractivity contribution < 1.29 is 9.90 Å². The van der Waals surface area contributed by atoms with Crippen LogP contribution in [-0.2, 0) is 4.79 Å². The van der Waals surface area contributed by atoms with Gasteiger partial charge in [-0.2, -0.15) is 0 Å². The Hall–Kier alpha value is -0.610. The van der Waals surface area contributed by atoms with Crippen LogP contribution in [0.5, 0.6) is 0 Å². The molecule has 0 spiro atoms. The molecular weight excluding hydrogens is 180 g/mol. The van der Waals surface area contributed by atoms with Crippen molar-refractivity contribution in [2.45, 2.75) is 19.9 Å². The maximum absolute atomic E-state index is 10.7. The Kier molecular flexibility index (Phi) is 3.89. The van der Waals surface area contributed by atoms with Gasteiger partial charge in [0.25, 0.3) is 0 Å². The summed E-state index contributed by atoms with van der Waals surface area (Å²) in [7, 11) is 2.11. The highest BCUT2D eigenvalue weighted by Gasteiger charge is 2.24. The smallest absolute Gasteiger partial charge is 0.307 e. The highest BCUT2D eigenvalue weighted by Crippen LogP contribution is 2.10. The first-order chi connectivity index (χ1) is 6.50. The summed E-state index contributed by atoms with van der Waals surface area (Å²) >= 11 is 0. The zero-order chi connectivity index (χ0) is 10.7. The molecule has 1 fully saturated rings. The molecule has 4 nitrogen and oxygen atoms in total. The van der Waals surface area contributed by atoms with Crippen LogP contribution in [0.25, 0.3) is 0 Å². The largest absolute Gasteiger partial charge is 0.481 e. The molecule has 2 unspecified atom stereocenters. The maximum Gasteiger partial charge on any atom is 0.307 e. The van der Waals surface area contributed by atoms with Gasteiger partial charge >= 0.3 is 5.97 Å². The molecule has 0 radical (unpaired) electrons. The third-order valence-corrected chi connectivity index (χ3v) is 2.90. The van der Waals surface area contributed by atoms with Gasteiger partial charge < -0.3 is 10.0 Å². The highest BCUT2D eigenvalue weighted by molar-refractivity contribution is 5.69. The predicted octanol–water partition coefficient (Wildman–Crippen LogP) is 0.343. The second-order valence-corrected chi connectivity index (χ2v) is 4.35. The first-order valence-electron chi connectivity index (χ1n) is 5.16. The van der Waals surface area contributed by atoms with Crippen LogP contribution < -0.4 is 0 Å². The molecule has 82 valence electrons. The van der Waals surface area contributed by atoms with Crippen LogP contribution in [-0.4, -0.2) is 60.1 Å². The lowest BCUT2D eigenvalue weighted by atomic mass is 10.1. The topological polar surface area (TPSA) is 43.8 Å². The first-order valence-corrected chi connectivity index (χ1v) is 5.16. The quantitative estimate of drug-likeness (QED) is 0.713. The van der Waals surface area contributed by atoms with Crippen LogP contribution in [0.1, 0.15) is 13.8 Å². The van der Waals surface area contributed by atoms with Crippen molar-refractivity contribution in [3.05, 3.63) is 0 Å². The normalized spacial score (nSPS) is 27.5. The van der Waals surface area contributed by atoms with E-state index in [4.69, 9.17) is 5.11 Å². The monoisotopic (exact) mass is 200 g/mol. The van der Waals surface area contributed by atoms with E-state index in [0.29, 0.717) is 12.6 Å². The van der Waals surface area contributed by atoms with Crippen molar-refractivity contribution in [3.63, 3.8) is 0 Å². The molecule has 1 heterocycles. The number of hydrogen-bond acceptors (Lipinski definition) is 3. The molecule has 0 aliphatic carbocycles. The summed E-state index contributed by atoms with van der Waals surface area (Å²) in [4.78, 5) is 15.3. The summed E-state index contributed by atoms with van der Waals surface area (Å²) in [5.41, 5.74) is 0. The van der Waals surface area contributed by atoms with E-state index in [9.17, 15) is 4.79 Å².